The molecule has 6 heteroatoms. The van der Waals surface area contributed by atoms with E-state index in [1.54, 1.807) is 37.3 Å². The van der Waals surface area contributed by atoms with Gasteiger partial charge in [-0.3, -0.25) is 4.79 Å². The maximum atomic E-state index is 13.2. The monoisotopic (exact) mass is 325 g/mol. The van der Waals surface area contributed by atoms with Crippen molar-refractivity contribution in [2.75, 3.05) is 5.32 Å². The molecule has 0 saturated carbocycles. The zero-order chi connectivity index (χ0) is 16.2. The Morgan fingerprint density at radius 1 is 1.14 bits per heavy atom. The summed E-state index contributed by atoms with van der Waals surface area (Å²) < 4.78 is 39.7. The van der Waals surface area contributed by atoms with Crippen molar-refractivity contribution in [3.05, 3.63) is 54.1 Å². The van der Waals surface area contributed by atoms with E-state index >= 15 is 0 Å². The highest BCUT2D eigenvalue weighted by atomic mass is 32.2. The molecule has 2 rings (SSSR count). The number of halogens is 3. The SMILES string of the molecule is CCC(=O)Nc1ccc(Sc2ccccc2)c(C(F)(F)F)c1. The van der Waals surface area contributed by atoms with Crippen molar-refractivity contribution in [1.29, 1.82) is 0 Å². The van der Waals surface area contributed by atoms with E-state index in [4.69, 9.17) is 0 Å². The Morgan fingerprint density at radius 2 is 1.82 bits per heavy atom. The quantitative estimate of drug-likeness (QED) is 0.836. The number of rotatable bonds is 4. The molecule has 0 unspecified atom stereocenters. The van der Waals surface area contributed by atoms with E-state index < -0.39 is 11.7 Å². The van der Waals surface area contributed by atoms with Crippen molar-refractivity contribution in [2.24, 2.45) is 0 Å². The first-order valence-electron chi connectivity index (χ1n) is 6.64. The second kappa shape index (κ2) is 6.87. The van der Waals surface area contributed by atoms with Gasteiger partial charge in [-0.1, -0.05) is 36.9 Å². The van der Waals surface area contributed by atoms with Crippen molar-refractivity contribution < 1.29 is 18.0 Å². The van der Waals surface area contributed by atoms with Gasteiger partial charge >= 0.3 is 6.18 Å². The fourth-order valence-corrected chi connectivity index (χ4v) is 2.75. The lowest BCUT2D eigenvalue weighted by Crippen LogP contribution is -2.12. The van der Waals surface area contributed by atoms with Crippen LogP contribution in [0.5, 0.6) is 0 Å². The fourth-order valence-electron chi connectivity index (χ4n) is 1.78. The largest absolute Gasteiger partial charge is 0.417 e. The minimum Gasteiger partial charge on any atom is -0.326 e. The first-order valence-corrected chi connectivity index (χ1v) is 7.46. The Balaban J connectivity index is 2.35. The molecule has 2 nitrogen and oxygen atoms in total. The summed E-state index contributed by atoms with van der Waals surface area (Å²) >= 11 is 1.04. The highest BCUT2D eigenvalue weighted by Crippen LogP contribution is 2.40. The van der Waals surface area contributed by atoms with Crippen LogP contribution in [0.4, 0.5) is 18.9 Å². The van der Waals surface area contributed by atoms with Crippen molar-refractivity contribution >= 4 is 23.4 Å². The summed E-state index contributed by atoms with van der Waals surface area (Å²) in [5, 5.41) is 2.45. The van der Waals surface area contributed by atoms with Crippen LogP contribution in [0, 0.1) is 0 Å². The molecule has 1 N–H and O–H groups in total. The molecule has 2 aromatic rings. The second-order valence-corrected chi connectivity index (χ2v) is 5.64. The van der Waals surface area contributed by atoms with Crippen LogP contribution < -0.4 is 5.32 Å². The van der Waals surface area contributed by atoms with Crippen LogP contribution in [0.3, 0.4) is 0 Å². The summed E-state index contributed by atoms with van der Waals surface area (Å²) in [6, 6.07) is 12.7. The Morgan fingerprint density at radius 3 is 2.41 bits per heavy atom. The van der Waals surface area contributed by atoms with E-state index in [2.05, 4.69) is 5.32 Å². The molecule has 0 aliphatic carbocycles. The van der Waals surface area contributed by atoms with Gasteiger partial charge in [0.1, 0.15) is 0 Å². The minimum absolute atomic E-state index is 0.105. The normalized spacial score (nSPS) is 11.3. The van der Waals surface area contributed by atoms with E-state index in [0.29, 0.717) is 0 Å². The fraction of sp³-hybridized carbons (Fsp3) is 0.188. The van der Waals surface area contributed by atoms with Crippen LogP contribution in [0.25, 0.3) is 0 Å². The van der Waals surface area contributed by atoms with Gasteiger partial charge in [0, 0.05) is 21.9 Å². The van der Waals surface area contributed by atoms with Gasteiger partial charge in [0.25, 0.3) is 0 Å². The second-order valence-electron chi connectivity index (χ2n) is 4.53. The molecule has 0 atom stereocenters. The number of carbonyl (C=O) groups is 1. The van der Waals surface area contributed by atoms with Crippen LogP contribution in [0.2, 0.25) is 0 Å². The molecule has 2 aromatic carbocycles. The predicted molar refractivity (Wildman–Crippen MR) is 80.9 cm³/mol. The molecule has 0 aromatic heterocycles. The molecular formula is C16H14F3NOS. The summed E-state index contributed by atoms with van der Waals surface area (Å²) in [5.41, 5.74) is -0.605. The number of alkyl halides is 3. The average Bonchev–Trinajstić information content (AvgIpc) is 2.48. The summed E-state index contributed by atoms with van der Waals surface area (Å²) in [6.45, 7) is 1.64. The lowest BCUT2D eigenvalue weighted by molar-refractivity contribution is -0.139. The van der Waals surface area contributed by atoms with Crippen LogP contribution in [-0.2, 0) is 11.0 Å². The van der Waals surface area contributed by atoms with Crippen molar-refractivity contribution in [2.45, 2.75) is 29.3 Å². The van der Waals surface area contributed by atoms with Gasteiger partial charge in [-0.05, 0) is 30.3 Å². The molecule has 22 heavy (non-hydrogen) atoms. The molecule has 0 radical (unpaired) electrons. The highest BCUT2D eigenvalue weighted by Gasteiger charge is 2.34. The molecule has 0 aliphatic rings. The number of benzene rings is 2. The van der Waals surface area contributed by atoms with Crippen LogP contribution in [-0.4, -0.2) is 5.91 Å². The standard InChI is InChI=1S/C16H14F3NOS/c1-2-15(21)20-11-8-9-14(13(10-11)16(17,18)19)22-12-6-4-3-5-7-12/h3-10H,2H2,1H3,(H,20,21). The van der Waals surface area contributed by atoms with Crippen molar-refractivity contribution in [1.82, 2.24) is 0 Å². The smallest absolute Gasteiger partial charge is 0.326 e. The number of hydrogen-bond donors (Lipinski definition) is 1. The summed E-state index contributed by atoms with van der Waals surface area (Å²) in [7, 11) is 0. The maximum Gasteiger partial charge on any atom is 0.417 e. The van der Waals surface area contributed by atoms with E-state index in [9.17, 15) is 18.0 Å². The maximum absolute atomic E-state index is 13.2. The molecule has 0 fully saturated rings. The van der Waals surface area contributed by atoms with E-state index in [1.807, 2.05) is 0 Å². The van der Waals surface area contributed by atoms with Gasteiger partial charge in [-0.2, -0.15) is 13.2 Å². The third kappa shape index (κ3) is 4.27. The summed E-state index contributed by atoms with van der Waals surface area (Å²) in [6.07, 6.45) is -4.27. The van der Waals surface area contributed by atoms with Crippen LogP contribution in [0.15, 0.2) is 58.3 Å². The van der Waals surface area contributed by atoms with Crippen molar-refractivity contribution in [3.63, 3.8) is 0 Å². The number of carbonyl (C=O) groups excluding carboxylic acids is 1. The summed E-state index contributed by atoms with van der Waals surface area (Å²) in [4.78, 5) is 12.1. The van der Waals surface area contributed by atoms with Crippen LogP contribution in [0.1, 0.15) is 18.9 Å². The van der Waals surface area contributed by atoms with Crippen LogP contribution >= 0.6 is 11.8 Å². The molecule has 0 aliphatic heterocycles. The zero-order valence-corrected chi connectivity index (χ0v) is 12.6. The molecule has 116 valence electrons. The topological polar surface area (TPSA) is 29.1 Å². The van der Waals surface area contributed by atoms with E-state index in [1.165, 1.54) is 12.1 Å². The van der Waals surface area contributed by atoms with E-state index in [-0.39, 0.29) is 22.9 Å². The lowest BCUT2D eigenvalue weighted by atomic mass is 10.2. The third-order valence-electron chi connectivity index (χ3n) is 2.86. The predicted octanol–water partition coefficient (Wildman–Crippen LogP) is 5.21. The first kappa shape index (κ1) is 16.4. The number of amides is 1. The average molecular weight is 325 g/mol. The Hall–Kier alpha value is -1.95. The molecule has 0 spiro atoms. The molecule has 0 heterocycles. The van der Waals surface area contributed by atoms with Gasteiger partial charge in [0.2, 0.25) is 5.91 Å². The Kier molecular flexibility index (Phi) is 5.13. The zero-order valence-electron chi connectivity index (χ0n) is 11.8. The summed E-state index contributed by atoms with van der Waals surface area (Å²) in [5.74, 6) is -0.323. The molecule has 0 saturated heterocycles. The molecule has 0 bridgehead atoms. The van der Waals surface area contributed by atoms with Crippen molar-refractivity contribution in [3.8, 4) is 0 Å². The van der Waals surface area contributed by atoms with Gasteiger partial charge in [0.15, 0.2) is 0 Å². The number of nitrogens with one attached hydrogen (secondary N) is 1. The van der Waals surface area contributed by atoms with E-state index in [0.717, 1.165) is 22.7 Å². The third-order valence-corrected chi connectivity index (χ3v) is 3.94. The Bertz CT molecular complexity index is 656. The van der Waals surface area contributed by atoms with Gasteiger partial charge in [0.05, 0.1) is 5.56 Å². The lowest BCUT2D eigenvalue weighted by Gasteiger charge is -2.14. The first-order chi connectivity index (χ1) is 10.4. The number of hydrogen-bond acceptors (Lipinski definition) is 2. The van der Waals surface area contributed by atoms with Gasteiger partial charge < -0.3 is 5.32 Å². The van der Waals surface area contributed by atoms with Gasteiger partial charge in [-0.15, -0.1) is 0 Å². The highest BCUT2D eigenvalue weighted by molar-refractivity contribution is 7.99. The molecule has 1 amide bonds. The van der Waals surface area contributed by atoms with Gasteiger partial charge in [-0.25, -0.2) is 0 Å². The minimum atomic E-state index is -4.48. The number of anilines is 1. The Labute approximate surface area is 130 Å². The molecular weight excluding hydrogens is 311 g/mol.